The first-order valence-electron chi connectivity index (χ1n) is 23.9. The maximum absolute atomic E-state index is 5.83. The Kier molecular flexibility index (Phi) is 20.8. The highest BCUT2D eigenvalue weighted by molar-refractivity contribution is 5.38. The number of aryl methyl sites for hydroxylation is 3. The summed E-state index contributed by atoms with van der Waals surface area (Å²) >= 11 is 0. The molecule has 0 saturated heterocycles. The van der Waals surface area contributed by atoms with Crippen LogP contribution in [-0.4, -0.2) is 0 Å². The third-order valence-corrected chi connectivity index (χ3v) is 11.9. The summed E-state index contributed by atoms with van der Waals surface area (Å²) in [6.45, 7) is 42.9. The van der Waals surface area contributed by atoms with Crippen molar-refractivity contribution in [3.05, 3.63) is 176 Å². The second-order valence-corrected chi connectivity index (χ2v) is 23.2. The van der Waals surface area contributed by atoms with E-state index < -0.39 is 0 Å². The van der Waals surface area contributed by atoms with Gasteiger partial charge in [-0.2, -0.15) is 0 Å². The SMILES string of the molecule is CC(C)(C)c1ccc2c(c1)CCC2.CC(C)(C)c1cccc(CN)c1.CC(C)c1ccc(C(C)(C)C)cc1.CC(N)c1cccc(C(C)(C)C)c1.CCc1ccc(C(C)(C)C)cc1. The lowest BCUT2D eigenvalue weighted by atomic mass is 9.85. The van der Waals surface area contributed by atoms with E-state index in [1.54, 1.807) is 11.1 Å². The first kappa shape index (κ1) is 55.2. The standard InChI is InChI=1S/C13H18.C13H20.C12H19N.C12H18.C11H17N/c1-13(2,3)12-8-7-10-5-4-6-11(10)9-12;1-10(2)11-6-8-12(9-7-11)13(3,4)5;1-9(13)10-6-5-7-11(8-10)12(2,3)4;1-5-10-6-8-11(9-7-10)12(2,3)4;1-11(2,3)10-6-4-5-9(7-10)8-12/h7-9H,4-6H2,1-3H3;6-10H,1-5H3;5-9H,13H2,1-4H3;6-9H,5H2,1-4H3;4-7H,8,12H2,1-3H3. The molecule has 63 heavy (non-hydrogen) atoms. The van der Waals surface area contributed by atoms with Gasteiger partial charge in [-0.05, 0) is 127 Å². The Labute approximate surface area is 389 Å². The highest BCUT2D eigenvalue weighted by Gasteiger charge is 2.18. The van der Waals surface area contributed by atoms with Gasteiger partial charge in [0, 0.05) is 12.6 Å². The van der Waals surface area contributed by atoms with Crippen LogP contribution in [-0.2, 0) is 52.9 Å². The molecule has 0 amide bonds. The third kappa shape index (κ3) is 19.3. The summed E-state index contributed by atoms with van der Waals surface area (Å²) in [7, 11) is 0. The Hall–Kier alpha value is -3.98. The maximum Gasteiger partial charge on any atom is 0.0266 e. The van der Waals surface area contributed by atoms with Gasteiger partial charge in [-0.1, -0.05) is 240 Å². The molecule has 0 saturated carbocycles. The molecule has 4 N–H and O–H groups in total. The highest BCUT2D eigenvalue weighted by atomic mass is 14.6. The zero-order valence-electron chi connectivity index (χ0n) is 43.8. The third-order valence-electron chi connectivity index (χ3n) is 11.9. The predicted octanol–water partition coefficient (Wildman–Crippen LogP) is 16.6. The Morgan fingerprint density at radius 1 is 0.429 bits per heavy atom. The number of rotatable bonds is 4. The van der Waals surface area contributed by atoms with Gasteiger partial charge >= 0.3 is 0 Å². The van der Waals surface area contributed by atoms with E-state index >= 15 is 0 Å². The van der Waals surface area contributed by atoms with E-state index in [9.17, 15) is 0 Å². The van der Waals surface area contributed by atoms with Gasteiger partial charge in [-0.3, -0.25) is 0 Å². The van der Waals surface area contributed by atoms with Crippen LogP contribution in [0.5, 0.6) is 0 Å². The fourth-order valence-corrected chi connectivity index (χ4v) is 7.10. The minimum atomic E-state index is 0.127. The van der Waals surface area contributed by atoms with Crippen LogP contribution >= 0.6 is 0 Å². The van der Waals surface area contributed by atoms with Gasteiger partial charge in [0.25, 0.3) is 0 Å². The minimum absolute atomic E-state index is 0.127. The molecule has 0 aromatic heterocycles. The smallest absolute Gasteiger partial charge is 0.0266 e. The summed E-state index contributed by atoms with van der Waals surface area (Å²) in [5.74, 6) is 0.633. The van der Waals surface area contributed by atoms with Gasteiger partial charge in [0.05, 0.1) is 0 Å². The Morgan fingerprint density at radius 2 is 0.841 bits per heavy atom. The molecule has 0 heterocycles. The Morgan fingerprint density at radius 3 is 1.27 bits per heavy atom. The van der Waals surface area contributed by atoms with Gasteiger partial charge in [0.1, 0.15) is 0 Å². The predicted molar refractivity (Wildman–Crippen MR) is 282 cm³/mol. The first-order chi connectivity index (χ1) is 29.0. The van der Waals surface area contributed by atoms with Crippen LogP contribution in [0.25, 0.3) is 0 Å². The molecule has 0 aliphatic heterocycles. The first-order valence-corrected chi connectivity index (χ1v) is 23.9. The fourth-order valence-electron chi connectivity index (χ4n) is 7.10. The number of fused-ring (bicyclic) bond motifs is 1. The van der Waals surface area contributed by atoms with Crippen LogP contribution < -0.4 is 11.5 Å². The number of hydrogen-bond acceptors (Lipinski definition) is 2. The normalized spacial score (nSPS) is 13.2. The lowest BCUT2D eigenvalue weighted by Gasteiger charge is -2.20. The van der Waals surface area contributed by atoms with E-state index in [0.29, 0.717) is 17.9 Å². The molecule has 1 unspecified atom stereocenters. The molecular weight excluding hydrogens is 761 g/mol. The zero-order valence-corrected chi connectivity index (χ0v) is 43.8. The van der Waals surface area contributed by atoms with Crippen molar-refractivity contribution >= 4 is 0 Å². The van der Waals surface area contributed by atoms with E-state index in [-0.39, 0.29) is 27.7 Å². The van der Waals surface area contributed by atoms with Crippen molar-refractivity contribution in [2.45, 2.75) is 203 Å². The van der Waals surface area contributed by atoms with Crippen LogP contribution in [0.1, 0.15) is 211 Å². The number of hydrogen-bond donors (Lipinski definition) is 2. The van der Waals surface area contributed by atoms with E-state index in [4.69, 9.17) is 11.5 Å². The number of benzene rings is 5. The lowest BCUT2D eigenvalue weighted by molar-refractivity contribution is 0.588. The number of nitrogens with two attached hydrogens (primary N) is 2. The maximum atomic E-state index is 5.83. The molecule has 1 atom stereocenters. The molecule has 0 fully saturated rings. The van der Waals surface area contributed by atoms with Crippen LogP contribution in [0.2, 0.25) is 0 Å². The second-order valence-electron chi connectivity index (χ2n) is 23.2. The van der Waals surface area contributed by atoms with Crippen molar-refractivity contribution in [3.63, 3.8) is 0 Å². The quantitative estimate of drug-likeness (QED) is 0.189. The lowest BCUT2D eigenvalue weighted by Crippen LogP contribution is -2.13. The van der Waals surface area contributed by atoms with E-state index in [0.717, 1.165) is 6.42 Å². The molecule has 1 aliphatic carbocycles. The molecule has 6 rings (SSSR count). The summed E-state index contributed by atoms with van der Waals surface area (Å²) in [4.78, 5) is 0. The second kappa shape index (κ2) is 23.8. The largest absolute Gasteiger partial charge is 0.326 e. The highest BCUT2D eigenvalue weighted by Crippen LogP contribution is 2.30. The molecule has 346 valence electrons. The molecule has 5 aromatic carbocycles. The summed E-state index contributed by atoms with van der Waals surface area (Å²) in [6.07, 6.45) is 5.06. The summed E-state index contributed by atoms with van der Waals surface area (Å²) < 4.78 is 0. The van der Waals surface area contributed by atoms with Gasteiger partial charge in [0.15, 0.2) is 0 Å². The van der Waals surface area contributed by atoms with E-state index in [1.807, 2.05) is 6.92 Å². The minimum Gasteiger partial charge on any atom is -0.326 e. The Bertz CT molecular complexity index is 2060. The molecule has 0 bridgehead atoms. The van der Waals surface area contributed by atoms with Gasteiger partial charge < -0.3 is 11.5 Å². The summed E-state index contributed by atoms with van der Waals surface area (Å²) in [6, 6.07) is 42.0. The average Bonchev–Trinajstić information content (AvgIpc) is 3.69. The van der Waals surface area contributed by atoms with E-state index in [2.05, 4.69) is 240 Å². The zero-order chi connectivity index (χ0) is 48.0. The van der Waals surface area contributed by atoms with E-state index in [1.165, 1.54) is 69.3 Å². The van der Waals surface area contributed by atoms with Gasteiger partial charge in [0.2, 0.25) is 0 Å². The van der Waals surface area contributed by atoms with Crippen LogP contribution in [0.4, 0.5) is 0 Å². The molecule has 2 nitrogen and oxygen atoms in total. The topological polar surface area (TPSA) is 52.0 Å². The van der Waals surface area contributed by atoms with Crippen LogP contribution in [0, 0.1) is 0 Å². The molecule has 1 aliphatic rings. The van der Waals surface area contributed by atoms with Crippen molar-refractivity contribution in [1.82, 2.24) is 0 Å². The average molecular weight is 853 g/mol. The monoisotopic (exact) mass is 853 g/mol. The fraction of sp³-hybridized carbons (Fsp3) is 0.508. The molecule has 0 radical (unpaired) electrons. The van der Waals surface area contributed by atoms with Crippen molar-refractivity contribution in [1.29, 1.82) is 0 Å². The summed E-state index contributed by atoms with van der Waals surface area (Å²) in [5.41, 5.74) is 28.1. The van der Waals surface area contributed by atoms with Gasteiger partial charge in [-0.25, -0.2) is 0 Å². The van der Waals surface area contributed by atoms with Crippen LogP contribution in [0.15, 0.2) is 115 Å². The van der Waals surface area contributed by atoms with Crippen molar-refractivity contribution < 1.29 is 0 Å². The molecular formula is C61H92N2. The summed E-state index contributed by atoms with van der Waals surface area (Å²) in [5, 5.41) is 0. The van der Waals surface area contributed by atoms with Gasteiger partial charge in [-0.15, -0.1) is 0 Å². The Balaban J connectivity index is 0.000000271. The molecule has 5 aromatic rings. The molecule has 0 spiro atoms. The van der Waals surface area contributed by atoms with Crippen molar-refractivity contribution in [3.8, 4) is 0 Å². The molecule has 2 heteroatoms. The van der Waals surface area contributed by atoms with Crippen molar-refractivity contribution in [2.75, 3.05) is 0 Å². The van der Waals surface area contributed by atoms with Crippen LogP contribution in [0.3, 0.4) is 0 Å². The van der Waals surface area contributed by atoms with Crippen molar-refractivity contribution in [2.24, 2.45) is 11.5 Å².